The maximum Gasteiger partial charge on any atom is 0.264 e. The number of rotatable bonds is 4. The van der Waals surface area contributed by atoms with Crippen molar-refractivity contribution < 1.29 is 9.53 Å². The Morgan fingerprint density at radius 2 is 2.00 bits per heavy atom. The van der Waals surface area contributed by atoms with E-state index in [0.29, 0.717) is 12.0 Å². The first-order valence-electron chi connectivity index (χ1n) is 9.85. The smallest absolute Gasteiger partial charge is 0.264 e. The molecule has 2 aliphatic rings. The van der Waals surface area contributed by atoms with Gasteiger partial charge < -0.3 is 14.2 Å². The number of fused-ring (bicyclic) bond motifs is 1. The van der Waals surface area contributed by atoms with E-state index >= 15 is 0 Å². The lowest BCUT2D eigenvalue weighted by Crippen LogP contribution is -2.43. The first-order valence-corrected chi connectivity index (χ1v) is 10.7. The maximum atomic E-state index is 12.8. The highest BCUT2D eigenvalue weighted by atomic mass is 32.1. The molecule has 1 spiro atoms. The van der Waals surface area contributed by atoms with Gasteiger partial charge in [-0.25, -0.2) is 0 Å². The quantitative estimate of drug-likeness (QED) is 0.808. The van der Waals surface area contributed by atoms with Gasteiger partial charge in [0.05, 0.1) is 11.5 Å². The molecule has 0 aromatic carbocycles. The van der Waals surface area contributed by atoms with Gasteiger partial charge in [-0.05, 0) is 55.0 Å². The van der Waals surface area contributed by atoms with Gasteiger partial charge in [0.1, 0.15) is 11.6 Å². The summed E-state index contributed by atoms with van der Waals surface area (Å²) in [5.41, 5.74) is 1.43. The molecule has 1 saturated heterocycles. The predicted molar refractivity (Wildman–Crippen MR) is 105 cm³/mol. The Hall–Kier alpha value is -1.73. The molecule has 2 aliphatic heterocycles. The van der Waals surface area contributed by atoms with Crippen molar-refractivity contribution in [2.75, 3.05) is 26.8 Å². The highest BCUT2D eigenvalue weighted by molar-refractivity contribution is 7.12. The van der Waals surface area contributed by atoms with Gasteiger partial charge in [-0.15, -0.1) is 21.5 Å². The van der Waals surface area contributed by atoms with Gasteiger partial charge >= 0.3 is 0 Å². The molecule has 0 radical (unpaired) electrons. The monoisotopic (exact) mass is 388 g/mol. The van der Waals surface area contributed by atoms with Crippen molar-refractivity contribution in [3.05, 3.63) is 33.5 Å². The van der Waals surface area contributed by atoms with Crippen LogP contribution in [0.3, 0.4) is 0 Å². The van der Waals surface area contributed by atoms with Crippen LogP contribution in [0.2, 0.25) is 0 Å². The van der Waals surface area contributed by atoms with E-state index in [1.165, 1.54) is 0 Å². The summed E-state index contributed by atoms with van der Waals surface area (Å²) >= 11 is 1.56. The number of aryl methyl sites for hydroxylation is 2. The van der Waals surface area contributed by atoms with Crippen molar-refractivity contribution in [2.45, 2.75) is 52.0 Å². The second-order valence-corrected chi connectivity index (χ2v) is 8.82. The number of ether oxygens (including phenoxy) is 1. The maximum absolute atomic E-state index is 12.8. The summed E-state index contributed by atoms with van der Waals surface area (Å²) in [7, 11) is 1.72. The third-order valence-electron chi connectivity index (χ3n) is 6.35. The molecule has 0 saturated carbocycles. The van der Waals surface area contributed by atoms with Crippen LogP contribution in [0.15, 0.2) is 11.4 Å². The molecule has 0 bridgehead atoms. The molecule has 2 aromatic heterocycles. The van der Waals surface area contributed by atoms with Crippen molar-refractivity contribution in [2.24, 2.45) is 5.41 Å². The fourth-order valence-corrected chi connectivity index (χ4v) is 5.36. The zero-order valence-electron chi connectivity index (χ0n) is 16.2. The number of nitrogens with zero attached hydrogens (tertiary/aromatic N) is 4. The summed E-state index contributed by atoms with van der Waals surface area (Å²) < 4.78 is 7.51. The van der Waals surface area contributed by atoms with Crippen LogP contribution in [0.5, 0.6) is 0 Å². The lowest BCUT2D eigenvalue weighted by Gasteiger charge is -2.41. The van der Waals surface area contributed by atoms with E-state index in [1.54, 1.807) is 18.4 Å². The summed E-state index contributed by atoms with van der Waals surface area (Å²) in [6, 6.07) is 2.03. The molecular weight excluding hydrogens is 360 g/mol. The van der Waals surface area contributed by atoms with Crippen LogP contribution in [0, 0.1) is 12.3 Å². The molecule has 0 aliphatic carbocycles. The van der Waals surface area contributed by atoms with Crippen LogP contribution in [-0.4, -0.2) is 52.4 Å². The van der Waals surface area contributed by atoms with Gasteiger partial charge in [0, 0.05) is 39.6 Å². The largest absolute Gasteiger partial charge is 0.384 e. The summed E-state index contributed by atoms with van der Waals surface area (Å²) in [6.45, 7) is 5.43. The topological polar surface area (TPSA) is 60.3 Å². The standard InChI is InChI=1S/C20H28N4O2S/c1-15-5-14-27-18(15)19(25)23-10-7-20(8-11-23)6-3-16-21-22-17(4-13-26-2)24(16)12-9-20/h5,14H,3-4,6-13H2,1-2H3. The summed E-state index contributed by atoms with van der Waals surface area (Å²) in [4.78, 5) is 15.8. The van der Waals surface area contributed by atoms with E-state index in [2.05, 4.69) is 19.7 Å². The number of methoxy groups -OCH3 is 1. The molecule has 27 heavy (non-hydrogen) atoms. The molecular formula is C20H28N4O2S. The molecule has 4 rings (SSSR count). The van der Waals surface area contributed by atoms with E-state index in [9.17, 15) is 4.79 Å². The van der Waals surface area contributed by atoms with Crippen molar-refractivity contribution >= 4 is 17.2 Å². The van der Waals surface area contributed by atoms with Crippen LogP contribution < -0.4 is 0 Å². The minimum atomic E-state index is 0.213. The van der Waals surface area contributed by atoms with Gasteiger partial charge in [-0.2, -0.15) is 0 Å². The normalized spacial score (nSPS) is 19.1. The van der Waals surface area contributed by atoms with E-state index in [0.717, 1.165) is 80.2 Å². The second kappa shape index (κ2) is 7.72. The number of piperidine rings is 1. The minimum Gasteiger partial charge on any atom is -0.384 e. The first kappa shape index (κ1) is 18.6. The fraction of sp³-hybridized carbons (Fsp3) is 0.650. The number of hydrogen-bond donors (Lipinski definition) is 0. The molecule has 6 nitrogen and oxygen atoms in total. The van der Waals surface area contributed by atoms with Gasteiger partial charge in [0.25, 0.3) is 5.91 Å². The number of carbonyl (C=O) groups excluding carboxylic acids is 1. The van der Waals surface area contributed by atoms with Gasteiger partial charge in [-0.1, -0.05) is 0 Å². The Bertz CT molecular complexity index is 805. The van der Waals surface area contributed by atoms with E-state index < -0.39 is 0 Å². The van der Waals surface area contributed by atoms with Gasteiger partial charge in [0.15, 0.2) is 0 Å². The van der Waals surface area contributed by atoms with Crippen LogP contribution in [0.4, 0.5) is 0 Å². The number of hydrogen-bond acceptors (Lipinski definition) is 5. The average molecular weight is 389 g/mol. The SMILES string of the molecule is COCCc1nnc2n1CCC1(CC2)CCN(C(=O)c2sccc2C)CC1. The third kappa shape index (κ3) is 3.67. The number of amides is 1. The predicted octanol–water partition coefficient (Wildman–Crippen LogP) is 3.10. The lowest BCUT2D eigenvalue weighted by atomic mass is 9.72. The zero-order valence-corrected chi connectivity index (χ0v) is 17.1. The highest BCUT2D eigenvalue weighted by Gasteiger charge is 2.38. The van der Waals surface area contributed by atoms with Crippen molar-refractivity contribution in [1.29, 1.82) is 0 Å². The second-order valence-electron chi connectivity index (χ2n) is 7.90. The molecule has 0 atom stereocenters. The Morgan fingerprint density at radius 1 is 1.22 bits per heavy atom. The Morgan fingerprint density at radius 3 is 2.70 bits per heavy atom. The van der Waals surface area contributed by atoms with E-state index in [4.69, 9.17) is 4.74 Å². The first-order chi connectivity index (χ1) is 13.1. The number of carbonyl (C=O) groups is 1. The average Bonchev–Trinajstić information content (AvgIpc) is 3.24. The minimum absolute atomic E-state index is 0.213. The molecule has 2 aromatic rings. The molecule has 4 heterocycles. The van der Waals surface area contributed by atoms with Crippen molar-refractivity contribution in [3.63, 3.8) is 0 Å². The number of thiophene rings is 1. The number of aromatic nitrogens is 3. The summed E-state index contributed by atoms with van der Waals surface area (Å²) in [5, 5.41) is 10.8. The molecule has 1 fully saturated rings. The van der Waals surface area contributed by atoms with Crippen LogP contribution in [-0.2, 0) is 24.1 Å². The van der Waals surface area contributed by atoms with Crippen LogP contribution in [0.1, 0.15) is 52.6 Å². The molecule has 7 heteroatoms. The van der Waals surface area contributed by atoms with Gasteiger partial charge in [0.2, 0.25) is 0 Å². The van der Waals surface area contributed by atoms with E-state index in [1.807, 2.05) is 18.4 Å². The zero-order chi connectivity index (χ0) is 18.9. The molecule has 146 valence electrons. The highest BCUT2D eigenvalue weighted by Crippen LogP contribution is 2.42. The third-order valence-corrected chi connectivity index (χ3v) is 7.35. The Labute approximate surface area is 164 Å². The lowest BCUT2D eigenvalue weighted by molar-refractivity contribution is 0.0539. The van der Waals surface area contributed by atoms with Gasteiger partial charge in [-0.3, -0.25) is 4.79 Å². The number of likely N-dealkylation sites (tertiary alicyclic amines) is 1. The molecule has 1 amide bonds. The van der Waals surface area contributed by atoms with Crippen molar-refractivity contribution in [1.82, 2.24) is 19.7 Å². The molecule has 0 N–H and O–H groups in total. The van der Waals surface area contributed by atoms with Crippen molar-refractivity contribution in [3.8, 4) is 0 Å². The Kier molecular flexibility index (Phi) is 5.32. The Balaban J connectivity index is 1.40. The van der Waals surface area contributed by atoms with Crippen LogP contribution >= 0.6 is 11.3 Å². The summed E-state index contributed by atoms with van der Waals surface area (Å²) in [5.74, 6) is 2.38. The van der Waals surface area contributed by atoms with Crippen LogP contribution in [0.25, 0.3) is 0 Å². The fourth-order valence-electron chi connectivity index (χ4n) is 4.46. The molecule has 0 unspecified atom stereocenters. The van der Waals surface area contributed by atoms with E-state index in [-0.39, 0.29) is 5.91 Å². The summed E-state index contributed by atoms with van der Waals surface area (Å²) in [6.07, 6.45) is 6.29.